The highest BCUT2D eigenvalue weighted by atomic mass is 32.1. The minimum Gasteiger partial charge on any atom is -0.337 e. The number of rotatable bonds is 5. The number of thiazole rings is 1. The molecule has 0 saturated heterocycles. The van der Waals surface area contributed by atoms with Crippen LogP contribution in [-0.2, 0) is 6.42 Å². The molecule has 7 heteroatoms. The maximum Gasteiger partial charge on any atom is 0.321 e. The Morgan fingerprint density at radius 2 is 2.14 bits per heavy atom. The molecule has 22 heavy (non-hydrogen) atoms. The summed E-state index contributed by atoms with van der Waals surface area (Å²) in [7, 11) is 0. The lowest BCUT2D eigenvalue weighted by Crippen LogP contribution is -2.30. The highest BCUT2D eigenvalue weighted by Crippen LogP contribution is 2.10. The van der Waals surface area contributed by atoms with Crippen LogP contribution in [0.2, 0.25) is 0 Å². The molecule has 2 heterocycles. The predicted molar refractivity (Wildman–Crippen MR) is 86.4 cm³/mol. The Balaban J connectivity index is 1.48. The number of amides is 2. The lowest BCUT2D eigenvalue weighted by Gasteiger charge is -2.04. The summed E-state index contributed by atoms with van der Waals surface area (Å²) in [5, 5.41) is 12.2. The smallest absolute Gasteiger partial charge is 0.321 e. The van der Waals surface area contributed by atoms with Gasteiger partial charge in [0.25, 0.3) is 0 Å². The molecule has 2 N–H and O–H groups in total. The minimum atomic E-state index is -0.245. The molecule has 2 amide bonds. The molecule has 0 bridgehead atoms. The van der Waals surface area contributed by atoms with Crippen molar-refractivity contribution in [2.45, 2.75) is 6.42 Å². The highest BCUT2D eigenvalue weighted by molar-refractivity contribution is 7.13. The van der Waals surface area contributed by atoms with Crippen LogP contribution in [0.1, 0.15) is 5.56 Å². The van der Waals surface area contributed by atoms with Crippen LogP contribution in [0.3, 0.4) is 0 Å². The van der Waals surface area contributed by atoms with Gasteiger partial charge in [0, 0.05) is 24.3 Å². The third kappa shape index (κ3) is 3.70. The summed E-state index contributed by atoms with van der Waals surface area (Å²) in [5.74, 6) is 0. The molecule has 2 aromatic heterocycles. The Bertz CT molecular complexity index is 723. The fourth-order valence-corrected chi connectivity index (χ4v) is 2.48. The number of aromatic nitrogens is 3. The van der Waals surface area contributed by atoms with Crippen molar-refractivity contribution in [2.24, 2.45) is 0 Å². The molecular formula is C15H15N5OS. The zero-order valence-corrected chi connectivity index (χ0v) is 12.6. The van der Waals surface area contributed by atoms with Crippen LogP contribution < -0.4 is 10.6 Å². The molecule has 6 nitrogen and oxygen atoms in total. The van der Waals surface area contributed by atoms with Gasteiger partial charge in [0.2, 0.25) is 0 Å². The van der Waals surface area contributed by atoms with Gasteiger partial charge in [0.15, 0.2) is 5.13 Å². The summed E-state index contributed by atoms with van der Waals surface area (Å²) in [6.07, 6.45) is 6.15. The summed E-state index contributed by atoms with van der Waals surface area (Å²) in [6.45, 7) is 0.539. The number of carbonyl (C=O) groups is 1. The SMILES string of the molecule is O=C(NCCc1cnn(-c2ccccc2)c1)Nc1nccs1. The standard InChI is InChI=1S/C15H15N5OS/c21-14(19-15-17-8-9-22-15)16-7-6-12-10-18-20(11-12)13-4-2-1-3-5-13/h1-5,8-11H,6-7H2,(H2,16,17,19,21). The monoisotopic (exact) mass is 313 g/mol. The molecule has 0 spiro atoms. The topological polar surface area (TPSA) is 71.8 Å². The second-order valence-corrected chi connectivity index (χ2v) is 5.49. The number of urea groups is 1. The van der Waals surface area contributed by atoms with E-state index in [0.717, 1.165) is 17.7 Å². The number of carbonyl (C=O) groups excluding carboxylic acids is 1. The van der Waals surface area contributed by atoms with E-state index in [1.165, 1.54) is 11.3 Å². The molecule has 112 valence electrons. The Labute approximate surface area is 131 Å². The molecule has 0 aliphatic rings. The quantitative estimate of drug-likeness (QED) is 0.760. The van der Waals surface area contributed by atoms with E-state index in [0.29, 0.717) is 11.7 Å². The summed E-state index contributed by atoms with van der Waals surface area (Å²) in [5.41, 5.74) is 2.08. The second-order valence-electron chi connectivity index (χ2n) is 4.60. The Morgan fingerprint density at radius 3 is 2.91 bits per heavy atom. The van der Waals surface area contributed by atoms with Gasteiger partial charge in [-0.3, -0.25) is 5.32 Å². The molecule has 3 aromatic rings. The van der Waals surface area contributed by atoms with Gasteiger partial charge in [-0.25, -0.2) is 14.5 Å². The van der Waals surface area contributed by atoms with Crippen molar-refractivity contribution < 1.29 is 4.79 Å². The molecule has 0 atom stereocenters. The highest BCUT2D eigenvalue weighted by Gasteiger charge is 2.04. The molecule has 0 aliphatic heterocycles. The average molecular weight is 313 g/mol. The van der Waals surface area contributed by atoms with Crippen LogP contribution in [-0.4, -0.2) is 27.3 Å². The van der Waals surface area contributed by atoms with E-state index in [-0.39, 0.29) is 6.03 Å². The Hall–Kier alpha value is -2.67. The van der Waals surface area contributed by atoms with Crippen molar-refractivity contribution in [3.05, 3.63) is 59.9 Å². The van der Waals surface area contributed by atoms with Crippen LogP contribution in [0.25, 0.3) is 5.69 Å². The van der Waals surface area contributed by atoms with Gasteiger partial charge in [-0.1, -0.05) is 18.2 Å². The summed E-state index contributed by atoms with van der Waals surface area (Å²) in [6, 6.07) is 9.67. The fraction of sp³-hybridized carbons (Fsp3) is 0.133. The molecule has 0 fully saturated rings. The zero-order valence-electron chi connectivity index (χ0n) is 11.8. The van der Waals surface area contributed by atoms with E-state index >= 15 is 0 Å². The predicted octanol–water partition coefficient (Wildman–Crippen LogP) is 2.69. The summed E-state index contributed by atoms with van der Waals surface area (Å²) < 4.78 is 1.82. The van der Waals surface area contributed by atoms with Gasteiger partial charge in [0.1, 0.15) is 0 Å². The van der Waals surface area contributed by atoms with Gasteiger partial charge in [0.05, 0.1) is 11.9 Å². The summed E-state index contributed by atoms with van der Waals surface area (Å²) in [4.78, 5) is 15.6. The first-order valence-corrected chi connectivity index (χ1v) is 7.72. The van der Waals surface area contributed by atoms with Crippen molar-refractivity contribution in [3.8, 4) is 5.69 Å². The largest absolute Gasteiger partial charge is 0.337 e. The van der Waals surface area contributed by atoms with Crippen molar-refractivity contribution in [1.82, 2.24) is 20.1 Å². The van der Waals surface area contributed by atoms with Gasteiger partial charge >= 0.3 is 6.03 Å². The van der Waals surface area contributed by atoms with Gasteiger partial charge in [-0.05, 0) is 24.1 Å². The number of benzene rings is 1. The van der Waals surface area contributed by atoms with Crippen LogP contribution in [0.15, 0.2) is 54.3 Å². The first-order chi connectivity index (χ1) is 10.8. The lowest BCUT2D eigenvalue weighted by atomic mass is 10.2. The Morgan fingerprint density at radius 1 is 1.27 bits per heavy atom. The second kappa shape index (κ2) is 6.86. The first kappa shape index (κ1) is 14.3. The molecular weight excluding hydrogens is 298 g/mol. The van der Waals surface area contributed by atoms with E-state index in [9.17, 15) is 4.79 Å². The van der Waals surface area contributed by atoms with Gasteiger partial charge in [-0.2, -0.15) is 5.10 Å². The molecule has 0 aliphatic carbocycles. The normalized spacial score (nSPS) is 10.4. The van der Waals surface area contributed by atoms with Crippen LogP contribution in [0.5, 0.6) is 0 Å². The van der Waals surface area contributed by atoms with Gasteiger partial charge in [-0.15, -0.1) is 11.3 Å². The van der Waals surface area contributed by atoms with Crippen molar-refractivity contribution in [2.75, 3.05) is 11.9 Å². The van der Waals surface area contributed by atoms with Crippen molar-refractivity contribution in [1.29, 1.82) is 0 Å². The number of para-hydroxylation sites is 1. The Kier molecular flexibility index (Phi) is 4.45. The molecule has 0 saturated carbocycles. The van der Waals surface area contributed by atoms with Gasteiger partial charge < -0.3 is 5.32 Å². The first-order valence-electron chi connectivity index (χ1n) is 6.84. The van der Waals surface area contributed by atoms with Crippen molar-refractivity contribution in [3.63, 3.8) is 0 Å². The third-order valence-electron chi connectivity index (χ3n) is 3.01. The average Bonchev–Trinajstić information content (AvgIpc) is 3.20. The number of nitrogens with zero attached hydrogens (tertiary/aromatic N) is 3. The van der Waals surface area contributed by atoms with Crippen molar-refractivity contribution >= 4 is 22.5 Å². The van der Waals surface area contributed by atoms with Crippen LogP contribution in [0.4, 0.5) is 9.93 Å². The number of hydrogen-bond acceptors (Lipinski definition) is 4. The van der Waals surface area contributed by atoms with E-state index < -0.39 is 0 Å². The van der Waals surface area contributed by atoms with Crippen LogP contribution in [0, 0.1) is 0 Å². The fourth-order valence-electron chi connectivity index (χ4n) is 1.96. The van der Waals surface area contributed by atoms with E-state index in [1.807, 2.05) is 52.8 Å². The molecule has 0 unspecified atom stereocenters. The van der Waals surface area contributed by atoms with Crippen LogP contribution >= 0.6 is 11.3 Å². The molecule has 0 radical (unpaired) electrons. The number of hydrogen-bond donors (Lipinski definition) is 2. The lowest BCUT2D eigenvalue weighted by molar-refractivity contribution is 0.252. The molecule has 1 aromatic carbocycles. The van der Waals surface area contributed by atoms with E-state index in [1.54, 1.807) is 6.20 Å². The third-order valence-corrected chi connectivity index (χ3v) is 3.70. The minimum absolute atomic E-state index is 0.245. The van der Waals surface area contributed by atoms with E-state index in [4.69, 9.17) is 0 Å². The number of nitrogens with one attached hydrogen (secondary N) is 2. The zero-order chi connectivity index (χ0) is 15.2. The number of anilines is 1. The maximum absolute atomic E-state index is 11.7. The maximum atomic E-state index is 11.7. The molecule has 3 rings (SSSR count). The van der Waals surface area contributed by atoms with E-state index in [2.05, 4.69) is 20.7 Å². The summed E-state index contributed by atoms with van der Waals surface area (Å²) >= 11 is 1.39.